The fourth-order valence-corrected chi connectivity index (χ4v) is 2.16. The molecule has 0 radical (unpaired) electrons. The first kappa shape index (κ1) is 17.3. The van der Waals surface area contributed by atoms with Crippen molar-refractivity contribution in [3.63, 3.8) is 0 Å². The standard InChI is InChI=1S/C13H28O3P/c1-3-4-5-6-7-8-9-10-11-12-13-16-17(14)15-2/h3-13H2,1-2H3/q-1. The molecule has 0 aromatic heterocycles. The number of unbranched alkanes of at least 4 members (excludes halogenated alkanes) is 9. The van der Waals surface area contributed by atoms with Crippen LogP contribution in [-0.4, -0.2) is 13.7 Å². The number of rotatable bonds is 13. The Balaban J connectivity index is 2.94. The van der Waals surface area contributed by atoms with Crippen LogP contribution in [0.1, 0.15) is 71.1 Å². The molecule has 0 fully saturated rings. The van der Waals surface area contributed by atoms with Crippen LogP contribution in [0, 0.1) is 0 Å². The van der Waals surface area contributed by atoms with Gasteiger partial charge in [0.15, 0.2) is 0 Å². The lowest BCUT2D eigenvalue weighted by Gasteiger charge is -2.19. The van der Waals surface area contributed by atoms with E-state index in [2.05, 4.69) is 11.4 Å². The molecule has 104 valence electrons. The minimum atomic E-state index is -1.86. The van der Waals surface area contributed by atoms with Crippen LogP contribution in [0.15, 0.2) is 0 Å². The molecule has 0 saturated heterocycles. The monoisotopic (exact) mass is 263 g/mol. The summed E-state index contributed by atoms with van der Waals surface area (Å²) in [7, 11) is -0.465. The van der Waals surface area contributed by atoms with Crippen LogP contribution in [0.5, 0.6) is 0 Å². The van der Waals surface area contributed by atoms with Gasteiger partial charge in [0.1, 0.15) is 0 Å². The van der Waals surface area contributed by atoms with Crippen LogP contribution in [-0.2, 0) is 9.05 Å². The molecule has 3 nitrogen and oxygen atoms in total. The predicted octanol–water partition coefficient (Wildman–Crippen LogP) is 4.16. The summed E-state index contributed by atoms with van der Waals surface area (Å²) < 4.78 is 9.48. The summed E-state index contributed by atoms with van der Waals surface area (Å²) in [6.45, 7) is 2.80. The minimum absolute atomic E-state index is 0.555. The van der Waals surface area contributed by atoms with Gasteiger partial charge in [-0.1, -0.05) is 64.7 Å². The highest BCUT2D eigenvalue weighted by molar-refractivity contribution is 7.38. The molecule has 17 heavy (non-hydrogen) atoms. The summed E-state index contributed by atoms with van der Waals surface area (Å²) in [5.41, 5.74) is 0. The fraction of sp³-hybridized carbons (Fsp3) is 1.00. The molecular formula is C13H28O3P-. The zero-order valence-corrected chi connectivity index (χ0v) is 12.3. The first-order valence-electron chi connectivity index (χ1n) is 6.95. The average Bonchev–Trinajstić information content (AvgIpc) is 2.35. The lowest BCUT2D eigenvalue weighted by molar-refractivity contribution is -0.202. The molecule has 0 N–H and O–H groups in total. The molecular weight excluding hydrogens is 235 g/mol. The van der Waals surface area contributed by atoms with E-state index in [-0.39, 0.29) is 0 Å². The van der Waals surface area contributed by atoms with Gasteiger partial charge in [0.05, 0.1) is 15.2 Å². The molecule has 4 heteroatoms. The third-order valence-corrected chi connectivity index (χ3v) is 3.54. The zero-order chi connectivity index (χ0) is 12.8. The Kier molecular flexibility index (Phi) is 14.6. The lowest BCUT2D eigenvalue weighted by atomic mass is 10.1. The Hall–Kier alpha value is 0.310. The van der Waals surface area contributed by atoms with Crippen molar-refractivity contribution in [3.8, 4) is 0 Å². The van der Waals surface area contributed by atoms with Crippen molar-refractivity contribution >= 4 is 8.60 Å². The van der Waals surface area contributed by atoms with Crippen LogP contribution in [0.25, 0.3) is 0 Å². The molecule has 0 aromatic rings. The van der Waals surface area contributed by atoms with Gasteiger partial charge in [-0.05, 0) is 6.42 Å². The molecule has 0 saturated carbocycles. The van der Waals surface area contributed by atoms with Crippen molar-refractivity contribution in [2.45, 2.75) is 71.1 Å². The van der Waals surface area contributed by atoms with E-state index >= 15 is 0 Å². The molecule has 0 spiro atoms. The average molecular weight is 263 g/mol. The van der Waals surface area contributed by atoms with Gasteiger partial charge in [0.2, 0.25) is 0 Å². The Morgan fingerprint density at radius 2 is 1.29 bits per heavy atom. The van der Waals surface area contributed by atoms with E-state index in [0.717, 1.165) is 6.42 Å². The van der Waals surface area contributed by atoms with Gasteiger partial charge in [-0.2, -0.15) is 0 Å². The third-order valence-electron chi connectivity index (χ3n) is 2.84. The maximum atomic E-state index is 10.8. The van der Waals surface area contributed by atoms with Crippen LogP contribution in [0.2, 0.25) is 0 Å². The largest absolute Gasteiger partial charge is 0.786 e. The fourth-order valence-electron chi connectivity index (χ4n) is 1.78. The van der Waals surface area contributed by atoms with Crippen LogP contribution in [0.4, 0.5) is 0 Å². The maximum Gasteiger partial charge on any atom is 0.0824 e. The first-order chi connectivity index (χ1) is 8.31. The van der Waals surface area contributed by atoms with Crippen LogP contribution >= 0.6 is 8.60 Å². The van der Waals surface area contributed by atoms with Gasteiger partial charge in [-0.25, -0.2) is 0 Å². The van der Waals surface area contributed by atoms with Gasteiger partial charge >= 0.3 is 0 Å². The minimum Gasteiger partial charge on any atom is -0.786 e. The maximum absolute atomic E-state index is 10.8. The van der Waals surface area contributed by atoms with Crippen molar-refractivity contribution in [1.82, 2.24) is 0 Å². The Labute approximate surface area is 108 Å². The first-order valence-corrected chi connectivity index (χ1v) is 8.05. The van der Waals surface area contributed by atoms with E-state index in [1.54, 1.807) is 0 Å². The second kappa shape index (κ2) is 14.4. The third kappa shape index (κ3) is 14.2. The van der Waals surface area contributed by atoms with Crippen molar-refractivity contribution < 1.29 is 13.9 Å². The van der Waals surface area contributed by atoms with Crippen molar-refractivity contribution in [3.05, 3.63) is 0 Å². The topological polar surface area (TPSA) is 41.5 Å². The van der Waals surface area contributed by atoms with Gasteiger partial charge in [-0.15, -0.1) is 0 Å². The molecule has 0 heterocycles. The summed E-state index contributed by atoms with van der Waals surface area (Å²) in [5, 5.41) is 0. The summed E-state index contributed by atoms with van der Waals surface area (Å²) >= 11 is 0. The Morgan fingerprint density at radius 3 is 1.76 bits per heavy atom. The second-order valence-corrected chi connectivity index (χ2v) is 5.49. The van der Waals surface area contributed by atoms with Gasteiger partial charge in [0.25, 0.3) is 0 Å². The normalized spacial score (nSPS) is 12.9. The van der Waals surface area contributed by atoms with E-state index in [0.29, 0.717) is 6.61 Å². The Morgan fingerprint density at radius 1 is 0.824 bits per heavy atom. The zero-order valence-electron chi connectivity index (χ0n) is 11.5. The SMILES string of the molecule is CCCCCCCCCCCCOP([O-])OC. The number of hydrogen-bond acceptors (Lipinski definition) is 3. The number of hydrogen-bond donors (Lipinski definition) is 0. The van der Waals surface area contributed by atoms with E-state index in [1.165, 1.54) is 64.9 Å². The van der Waals surface area contributed by atoms with Crippen molar-refractivity contribution in [2.75, 3.05) is 13.7 Å². The van der Waals surface area contributed by atoms with E-state index in [4.69, 9.17) is 4.52 Å². The molecule has 1 atom stereocenters. The summed E-state index contributed by atoms with van der Waals surface area (Å²) in [6, 6.07) is 0. The van der Waals surface area contributed by atoms with E-state index < -0.39 is 8.60 Å². The molecule has 0 aliphatic heterocycles. The summed E-state index contributed by atoms with van der Waals surface area (Å²) in [5.74, 6) is 0. The van der Waals surface area contributed by atoms with Crippen LogP contribution < -0.4 is 4.89 Å². The molecule has 0 bridgehead atoms. The second-order valence-electron chi connectivity index (χ2n) is 4.42. The molecule has 0 amide bonds. The Bertz CT molecular complexity index is 145. The highest BCUT2D eigenvalue weighted by Crippen LogP contribution is 2.25. The highest BCUT2D eigenvalue weighted by Gasteiger charge is 1.94. The molecule has 0 aromatic carbocycles. The van der Waals surface area contributed by atoms with Crippen LogP contribution in [0.3, 0.4) is 0 Å². The van der Waals surface area contributed by atoms with Gasteiger partial charge < -0.3 is 13.9 Å². The smallest absolute Gasteiger partial charge is 0.0824 e. The van der Waals surface area contributed by atoms with Crippen molar-refractivity contribution in [2.24, 2.45) is 0 Å². The molecule has 0 aliphatic rings. The van der Waals surface area contributed by atoms with Gasteiger partial charge in [0, 0.05) is 7.11 Å². The lowest BCUT2D eigenvalue weighted by Crippen LogP contribution is -2.01. The molecule has 0 rings (SSSR count). The van der Waals surface area contributed by atoms with E-state index in [9.17, 15) is 4.89 Å². The predicted molar refractivity (Wildman–Crippen MR) is 71.7 cm³/mol. The van der Waals surface area contributed by atoms with Crippen molar-refractivity contribution in [1.29, 1.82) is 0 Å². The van der Waals surface area contributed by atoms with E-state index in [1.807, 2.05) is 0 Å². The quantitative estimate of drug-likeness (QED) is 0.370. The molecule has 1 unspecified atom stereocenters. The molecule has 0 aliphatic carbocycles. The summed E-state index contributed by atoms with van der Waals surface area (Å²) in [6.07, 6.45) is 13.0. The van der Waals surface area contributed by atoms with Gasteiger partial charge in [-0.3, -0.25) is 0 Å². The summed E-state index contributed by atoms with van der Waals surface area (Å²) in [4.78, 5) is 10.8. The highest BCUT2D eigenvalue weighted by atomic mass is 31.2.